The van der Waals surface area contributed by atoms with Crippen LogP contribution in [-0.4, -0.2) is 37.1 Å². The van der Waals surface area contributed by atoms with Crippen LogP contribution in [0.4, 0.5) is 0 Å². The molecule has 1 heterocycles. The minimum absolute atomic E-state index is 0.0549. The summed E-state index contributed by atoms with van der Waals surface area (Å²) in [7, 11) is -3.91. The fourth-order valence-electron chi connectivity index (χ4n) is 3.38. The molecule has 2 aromatic rings. The zero-order chi connectivity index (χ0) is 17.8. The summed E-state index contributed by atoms with van der Waals surface area (Å²) in [5, 5.41) is 8.32. The fraction of sp³-hybridized carbons (Fsp3) is 0.235. The molecule has 0 spiro atoms. The predicted octanol–water partition coefficient (Wildman–Crippen LogP) is 1.14. The highest BCUT2D eigenvalue weighted by atomic mass is 32.2. The first-order chi connectivity index (χ1) is 11.9. The van der Waals surface area contributed by atoms with Crippen molar-refractivity contribution in [3.05, 3.63) is 54.1 Å². The average molecular weight is 361 g/mol. The molecule has 0 amide bonds. The molecule has 2 aromatic carbocycles. The lowest BCUT2D eigenvalue weighted by Gasteiger charge is -2.06. The van der Waals surface area contributed by atoms with Crippen molar-refractivity contribution in [2.45, 2.75) is 21.6 Å². The van der Waals surface area contributed by atoms with Gasteiger partial charge in [-0.25, -0.2) is 8.42 Å². The average Bonchev–Trinajstić information content (AvgIpc) is 3.01. The van der Waals surface area contributed by atoms with E-state index in [0.29, 0.717) is 17.1 Å². The van der Waals surface area contributed by atoms with Crippen LogP contribution in [0.5, 0.6) is 11.5 Å². The predicted molar refractivity (Wildman–Crippen MR) is 87.3 cm³/mol. The zero-order valence-corrected chi connectivity index (χ0v) is 13.8. The lowest BCUT2D eigenvalue weighted by molar-refractivity contribution is -0.139. The van der Waals surface area contributed by atoms with Gasteiger partial charge in [0.05, 0.1) is 4.90 Å². The highest BCUT2D eigenvalue weighted by molar-refractivity contribution is 7.92. The second kappa shape index (κ2) is 5.21. The van der Waals surface area contributed by atoms with E-state index in [1.165, 1.54) is 12.1 Å². The summed E-state index contributed by atoms with van der Waals surface area (Å²) in [6.07, 6.45) is 0. The summed E-state index contributed by atoms with van der Waals surface area (Å²) in [5.41, 5.74) is 4.64. The molecule has 8 heteroatoms. The highest BCUT2D eigenvalue weighted by Gasteiger charge is 2.74. The monoisotopic (exact) mass is 361 g/mol. The standard InChI is InChI=1S/C17H15NO6S/c18-17(16(19)20)14(10-6-7-12-13(8-10)24-9-23-12)15(17)25(21,22)11-4-2-1-3-5-11/h1-8,14-15H,9,18H2,(H,19,20)/t14-,15-,17-/m0/s1. The Morgan fingerprint density at radius 3 is 2.48 bits per heavy atom. The molecule has 1 aliphatic heterocycles. The molecule has 0 radical (unpaired) electrons. The highest BCUT2D eigenvalue weighted by Crippen LogP contribution is 2.56. The van der Waals surface area contributed by atoms with Gasteiger partial charge in [0, 0.05) is 5.92 Å². The number of carboxylic acid groups (broad SMARTS) is 1. The number of hydrogen-bond acceptors (Lipinski definition) is 6. The molecule has 0 saturated heterocycles. The minimum Gasteiger partial charge on any atom is -0.480 e. The van der Waals surface area contributed by atoms with Crippen molar-refractivity contribution in [3.63, 3.8) is 0 Å². The number of carbonyl (C=O) groups is 1. The molecular formula is C17H15NO6S. The smallest absolute Gasteiger partial charge is 0.325 e. The van der Waals surface area contributed by atoms with Gasteiger partial charge in [-0.2, -0.15) is 0 Å². The number of nitrogens with two attached hydrogens (primary N) is 1. The van der Waals surface area contributed by atoms with Crippen LogP contribution in [-0.2, 0) is 14.6 Å². The van der Waals surface area contributed by atoms with Gasteiger partial charge in [-0.3, -0.25) is 4.79 Å². The lowest BCUT2D eigenvalue weighted by Crippen LogP contribution is -2.39. The molecular weight excluding hydrogens is 346 g/mol. The molecule has 0 bridgehead atoms. The summed E-state index contributed by atoms with van der Waals surface area (Å²) in [6, 6.07) is 12.6. The summed E-state index contributed by atoms with van der Waals surface area (Å²) in [5.74, 6) is -1.23. The van der Waals surface area contributed by atoms with Gasteiger partial charge in [-0.05, 0) is 29.8 Å². The maximum atomic E-state index is 12.9. The number of carboxylic acids is 1. The Kier molecular flexibility index (Phi) is 3.32. The summed E-state index contributed by atoms with van der Waals surface area (Å²) in [6.45, 7) is 0.0713. The lowest BCUT2D eigenvalue weighted by atomic mass is 10.1. The van der Waals surface area contributed by atoms with E-state index in [1.807, 2.05) is 0 Å². The quantitative estimate of drug-likeness (QED) is 0.839. The van der Waals surface area contributed by atoms with E-state index < -0.39 is 32.5 Å². The topological polar surface area (TPSA) is 116 Å². The van der Waals surface area contributed by atoms with E-state index in [4.69, 9.17) is 15.2 Å². The minimum atomic E-state index is -3.91. The zero-order valence-electron chi connectivity index (χ0n) is 13.0. The van der Waals surface area contributed by atoms with Gasteiger partial charge in [0.15, 0.2) is 21.3 Å². The molecule has 3 atom stereocenters. The normalized spacial score (nSPS) is 27.1. The number of fused-ring (bicyclic) bond motifs is 1. The Labute approximate surface area is 143 Å². The van der Waals surface area contributed by atoms with E-state index in [0.717, 1.165) is 0 Å². The van der Waals surface area contributed by atoms with Crippen molar-refractivity contribution in [3.8, 4) is 11.5 Å². The number of benzene rings is 2. The molecule has 25 heavy (non-hydrogen) atoms. The summed E-state index contributed by atoms with van der Waals surface area (Å²) < 4.78 is 36.4. The third-order valence-electron chi connectivity index (χ3n) is 4.71. The van der Waals surface area contributed by atoms with Gasteiger partial charge in [0.25, 0.3) is 0 Å². The molecule has 4 rings (SSSR count). The van der Waals surface area contributed by atoms with Gasteiger partial charge < -0.3 is 20.3 Å². The van der Waals surface area contributed by atoms with Crippen LogP contribution in [0.3, 0.4) is 0 Å². The van der Waals surface area contributed by atoms with E-state index in [9.17, 15) is 18.3 Å². The Bertz CT molecular complexity index is 958. The number of sulfone groups is 1. The van der Waals surface area contributed by atoms with Crippen LogP contribution in [0.1, 0.15) is 11.5 Å². The molecule has 130 valence electrons. The maximum Gasteiger partial charge on any atom is 0.325 e. The fourth-order valence-corrected chi connectivity index (χ4v) is 5.63. The first kappa shape index (κ1) is 15.9. The summed E-state index contributed by atoms with van der Waals surface area (Å²) in [4.78, 5) is 11.8. The van der Waals surface area contributed by atoms with Crippen LogP contribution in [0, 0.1) is 0 Å². The van der Waals surface area contributed by atoms with Crippen molar-refractivity contribution < 1.29 is 27.8 Å². The van der Waals surface area contributed by atoms with Crippen LogP contribution >= 0.6 is 0 Å². The number of ether oxygens (including phenoxy) is 2. The molecule has 0 unspecified atom stereocenters. The third kappa shape index (κ3) is 2.21. The molecule has 3 N–H and O–H groups in total. The number of hydrogen-bond donors (Lipinski definition) is 2. The first-order valence-electron chi connectivity index (χ1n) is 7.57. The maximum absolute atomic E-state index is 12.9. The van der Waals surface area contributed by atoms with Crippen molar-refractivity contribution in [1.29, 1.82) is 0 Å². The SMILES string of the molecule is N[C@@]1(C(=O)O)[C@@H](c2ccc3c(c2)OCO3)[C@@H]1S(=O)(=O)c1ccccc1. The van der Waals surface area contributed by atoms with Crippen molar-refractivity contribution in [2.24, 2.45) is 5.73 Å². The number of rotatable bonds is 4. The Morgan fingerprint density at radius 1 is 1.12 bits per heavy atom. The first-order valence-corrected chi connectivity index (χ1v) is 9.12. The molecule has 7 nitrogen and oxygen atoms in total. The van der Waals surface area contributed by atoms with Gasteiger partial charge in [-0.1, -0.05) is 24.3 Å². The van der Waals surface area contributed by atoms with Gasteiger partial charge in [-0.15, -0.1) is 0 Å². The molecule has 1 saturated carbocycles. The second-order valence-corrected chi connectivity index (χ2v) is 8.18. The van der Waals surface area contributed by atoms with Crippen molar-refractivity contribution in [1.82, 2.24) is 0 Å². The van der Waals surface area contributed by atoms with E-state index in [1.54, 1.807) is 36.4 Å². The van der Waals surface area contributed by atoms with Crippen molar-refractivity contribution >= 4 is 15.8 Å². The van der Waals surface area contributed by atoms with Gasteiger partial charge in [0.2, 0.25) is 6.79 Å². The van der Waals surface area contributed by atoms with Gasteiger partial charge >= 0.3 is 5.97 Å². The number of aliphatic carboxylic acids is 1. The Balaban J connectivity index is 1.78. The molecule has 2 aliphatic rings. The van der Waals surface area contributed by atoms with Crippen LogP contribution < -0.4 is 15.2 Å². The third-order valence-corrected chi connectivity index (χ3v) is 6.97. The van der Waals surface area contributed by atoms with Gasteiger partial charge in [0.1, 0.15) is 10.8 Å². The van der Waals surface area contributed by atoms with Crippen molar-refractivity contribution in [2.75, 3.05) is 6.79 Å². The molecule has 1 fully saturated rings. The van der Waals surface area contributed by atoms with Crippen LogP contribution in [0.25, 0.3) is 0 Å². The second-order valence-electron chi connectivity index (χ2n) is 6.11. The van der Waals surface area contributed by atoms with Crippen LogP contribution in [0.2, 0.25) is 0 Å². The van der Waals surface area contributed by atoms with E-state index >= 15 is 0 Å². The summed E-state index contributed by atoms with van der Waals surface area (Å²) >= 11 is 0. The Morgan fingerprint density at radius 2 is 1.80 bits per heavy atom. The molecule has 1 aliphatic carbocycles. The van der Waals surface area contributed by atoms with E-state index in [-0.39, 0.29) is 11.7 Å². The van der Waals surface area contributed by atoms with Crippen LogP contribution in [0.15, 0.2) is 53.4 Å². The largest absolute Gasteiger partial charge is 0.480 e. The molecule has 0 aromatic heterocycles. The van der Waals surface area contributed by atoms with E-state index in [2.05, 4.69) is 0 Å². The Hall–Kier alpha value is -2.58.